The van der Waals surface area contributed by atoms with E-state index in [0.717, 1.165) is 25.0 Å². The van der Waals surface area contributed by atoms with Crippen LogP contribution in [-0.2, 0) is 10.9 Å². The van der Waals surface area contributed by atoms with Gasteiger partial charge in [0, 0.05) is 13.1 Å². The van der Waals surface area contributed by atoms with Crippen molar-refractivity contribution in [2.45, 2.75) is 6.18 Å². The SMILES string of the molecule is O=C(Nc1ccc(N2CCOCC2)nc1)Nc1ccccc1C(F)(F)F. The number of hydrogen-bond acceptors (Lipinski definition) is 4. The molecule has 138 valence electrons. The van der Waals surface area contributed by atoms with Gasteiger partial charge in [-0.2, -0.15) is 13.2 Å². The Morgan fingerprint density at radius 1 is 1.08 bits per heavy atom. The molecular weight excluding hydrogens is 349 g/mol. The van der Waals surface area contributed by atoms with Gasteiger partial charge in [0.15, 0.2) is 0 Å². The highest BCUT2D eigenvalue weighted by atomic mass is 19.4. The number of para-hydroxylation sites is 1. The molecule has 0 radical (unpaired) electrons. The monoisotopic (exact) mass is 366 g/mol. The number of amides is 2. The molecule has 1 aromatic carbocycles. The molecule has 6 nitrogen and oxygen atoms in total. The maximum atomic E-state index is 13.0. The van der Waals surface area contributed by atoms with Crippen LogP contribution in [0.3, 0.4) is 0 Å². The van der Waals surface area contributed by atoms with Crippen molar-refractivity contribution in [1.82, 2.24) is 4.98 Å². The molecule has 2 amide bonds. The molecule has 1 aromatic heterocycles. The van der Waals surface area contributed by atoms with Crippen molar-refractivity contribution >= 4 is 23.2 Å². The fourth-order valence-electron chi connectivity index (χ4n) is 2.56. The molecule has 0 atom stereocenters. The zero-order valence-corrected chi connectivity index (χ0v) is 13.7. The Bertz CT molecular complexity index is 759. The summed E-state index contributed by atoms with van der Waals surface area (Å²) in [5.41, 5.74) is -0.838. The molecular formula is C17H17F3N4O2. The Balaban J connectivity index is 1.64. The number of aromatic nitrogens is 1. The van der Waals surface area contributed by atoms with Gasteiger partial charge < -0.3 is 20.3 Å². The molecule has 0 aliphatic carbocycles. The summed E-state index contributed by atoms with van der Waals surface area (Å²) in [5.74, 6) is 0.752. The number of nitrogens with one attached hydrogen (secondary N) is 2. The van der Waals surface area contributed by atoms with Crippen LogP contribution in [0.4, 0.5) is 35.2 Å². The zero-order valence-electron chi connectivity index (χ0n) is 13.7. The van der Waals surface area contributed by atoms with E-state index < -0.39 is 17.8 Å². The summed E-state index contributed by atoms with van der Waals surface area (Å²) in [6.45, 7) is 2.72. The lowest BCUT2D eigenvalue weighted by molar-refractivity contribution is -0.136. The highest BCUT2D eigenvalue weighted by molar-refractivity contribution is 6.00. The number of anilines is 3. The van der Waals surface area contributed by atoms with Gasteiger partial charge in [-0.25, -0.2) is 9.78 Å². The van der Waals surface area contributed by atoms with Gasteiger partial charge in [0.05, 0.1) is 36.3 Å². The number of carbonyl (C=O) groups excluding carboxylic acids is 1. The van der Waals surface area contributed by atoms with E-state index >= 15 is 0 Å². The first-order valence-corrected chi connectivity index (χ1v) is 7.96. The number of benzene rings is 1. The molecule has 1 aliphatic heterocycles. The van der Waals surface area contributed by atoms with E-state index in [1.54, 1.807) is 12.1 Å². The van der Waals surface area contributed by atoms with Gasteiger partial charge in [0.2, 0.25) is 0 Å². The maximum Gasteiger partial charge on any atom is 0.418 e. The number of halogens is 3. The number of nitrogens with zero attached hydrogens (tertiary/aromatic N) is 2. The van der Waals surface area contributed by atoms with Crippen LogP contribution in [0.15, 0.2) is 42.6 Å². The largest absolute Gasteiger partial charge is 0.418 e. The second kappa shape index (κ2) is 7.61. The summed E-state index contributed by atoms with van der Waals surface area (Å²) in [5, 5.41) is 4.69. The van der Waals surface area contributed by atoms with E-state index in [4.69, 9.17) is 4.74 Å². The maximum absolute atomic E-state index is 13.0. The van der Waals surface area contributed by atoms with Crippen molar-refractivity contribution in [2.24, 2.45) is 0 Å². The number of carbonyl (C=O) groups is 1. The smallest absolute Gasteiger partial charge is 0.378 e. The third kappa shape index (κ3) is 4.42. The zero-order chi connectivity index (χ0) is 18.6. The second-order valence-corrected chi connectivity index (χ2v) is 5.63. The molecule has 9 heteroatoms. The Morgan fingerprint density at radius 3 is 2.46 bits per heavy atom. The van der Waals surface area contributed by atoms with Gasteiger partial charge in [0.25, 0.3) is 0 Å². The van der Waals surface area contributed by atoms with E-state index in [0.29, 0.717) is 18.9 Å². The summed E-state index contributed by atoms with van der Waals surface area (Å²) in [6, 6.07) is 7.40. The Morgan fingerprint density at radius 2 is 1.81 bits per heavy atom. The van der Waals surface area contributed by atoms with Crippen LogP contribution in [-0.4, -0.2) is 37.3 Å². The summed E-state index contributed by atoms with van der Waals surface area (Å²) >= 11 is 0. The van der Waals surface area contributed by atoms with E-state index in [1.807, 2.05) is 4.90 Å². The highest BCUT2D eigenvalue weighted by Gasteiger charge is 2.33. The van der Waals surface area contributed by atoms with Crippen LogP contribution in [0.2, 0.25) is 0 Å². The topological polar surface area (TPSA) is 66.5 Å². The first-order valence-electron chi connectivity index (χ1n) is 7.96. The van der Waals surface area contributed by atoms with E-state index in [9.17, 15) is 18.0 Å². The number of alkyl halides is 3. The minimum absolute atomic E-state index is 0.310. The lowest BCUT2D eigenvalue weighted by Gasteiger charge is -2.27. The van der Waals surface area contributed by atoms with Crippen LogP contribution in [0, 0.1) is 0 Å². The standard InChI is InChI=1S/C17H17F3N4O2/c18-17(19,20)13-3-1-2-4-14(13)23-16(25)22-12-5-6-15(21-11-12)24-7-9-26-10-8-24/h1-6,11H,7-10H2,(H2,22,23,25). The molecule has 0 bridgehead atoms. The van der Waals surface area contributed by atoms with Crippen LogP contribution < -0.4 is 15.5 Å². The molecule has 3 rings (SSSR count). The molecule has 0 spiro atoms. The van der Waals surface area contributed by atoms with Crippen LogP contribution >= 0.6 is 0 Å². The van der Waals surface area contributed by atoms with Gasteiger partial charge in [-0.05, 0) is 24.3 Å². The minimum Gasteiger partial charge on any atom is -0.378 e. The third-order valence-corrected chi connectivity index (χ3v) is 3.82. The lowest BCUT2D eigenvalue weighted by atomic mass is 10.1. The van der Waals surface area contributed by atoms with E-state index in [-0.39, 0.29) is 5.69 Å². The van der Waals surface area contributed by atoms with E-state index in [1.165, 1.54) is 24.4 Å². The molecule has 2 aromatic rings. The van der Waals surface area contributed by atoms with Crippen molar-refractivity contribution in [1.29, 1.82) is 0 Å². The molecule has 26 heavy (non-hydrogen) atoms. The predicted molar refractivity (Wildman–Crippen MR) is 91.4 cm³/mol. The van der Waals surface area contributed by atoms with Gasteiger partial charge >= 0.3 is 12.2 Å². The molecule has 0 saturated carbocycles. The van der Waals surface area contributed by atoms with Crippen molar-refractivity contribution in [3.63, 3.8) is 0 Å². The first-order chi connectivity index (χ1) is 12.4. The first kappa shape index (κ1) is 18.0. The fourth-order valence-corrected chi connectivity index (χ4v) is 2.56. The molecule has 1 fully saturated rings. The van der Waals surface area contributed by atoms with E-state index in [2.05, 4.69) is 15.6 Å². The van der Waals surface area contributed by atoms with Gasteiger partial charge in [0.1, 0.15) is 5.82 Å². The quantitative estimate of drug-likeness (QED) is 0.871. The van der Waals surface area contributed by atoms with Crippen LogP contribution in [0.5, 0.6) is 0 Å². The van der Waals surface area contributed by atoms with Crippen LogP contribution in [0.1, 0.15) is 5.56 Å². The number of ether oxygens (including phenoxy) is 1. The third-order valence-electron chi connectivity index (χ3n) is 3.82. The Hall–Kier alpha value is -2.81. The number of hydrogen-bond donors (Lipinski definition) is 2. The number of rotatable bonds is 3. The van der Waals surface area contributed by atoms with Crippen molar-refractivity contribution in [3.05, 3.63) is 48.2 Å². The summed E-state index contributed by atoms with van der Waals surface area (Å²) in [4.78, 5) is 18.3. The molecule has 2 heterocycles. The average Bonchev–Trinajstić information content (AvgIpc) is 2.62. The number of urea groups is 1. The normalized spacial score (nSPS) is 14.8. The second-order valence-electron chi connectivity index (χ2n) is 5.63. The van der Waals surface area contributed by atoms with Crippen molar-refractivity contribution < 1.29 is 22.7 Å². The summed E-state index contributed by atoms with van der Waals surface area (Å²) < 4.78 is 44.1. The number of pyridine rings is 1. The molecule has 0 unspecified atom stereocenters. The van der Waals surface area contributed by atoms with Crippen molar-refractivity contribution in [3.8, 4) is 0 Å². The average molecular weight is 366 g/mol. The fraction of sp³-hybridized carbons (Fsp3) is 0.294. The predicted octanol–water partition coefficient (Wildman–Crippen LogP) is 3.58. The van der Waals surface area contributed by atoms with Gasteiger partial charge in [-0.15, -0.1) is 0 Å². The summed E-state index contributed by atoms with van der Waals surface area (Å²) in [7, 11) is 0. The highest BCUT2D eigenvalue weighted by Crippen LogP contribution is 2.34. The van der Waals surface area contributed by atoms with Crippen LogP contribution in [0.25, 0.3) is 0 Å². The minimum atomic E-state index is -4.55. The van der Waals surface area contributed by atoms with Crippen molar-refractivity contribution in [2.75, 3.05) is 41.8 Å². The molecule has 2 N–H and O–H groups in total. The Labute approximate surface area is 148 Å². The molecule has 1 saturated heterocycles. The van der Waals surface area contributed by atoms with Gasteiger partial charge in [-0.3, -0.25) is 0 Å². The number of morpholine rings is 1. The lowest BCUT2D eigenvalue weighted by Crippen LogP contribution is -2.36. The Kier molecular flexibility index (Phi) is 5.27. The summed E-state index contributed by atoms with van der Waals surface area (Å²) in [6.07, 6.45) is -3.09. The van der Waals surface area contributed by atoms with Gasteiger partial charge in [-0.1, -0.05) is 12.1 Å². The molecule has 1 aliphatic rings.